The first-order valence-corrected chi connectivity index (χ1v) is 15.8. The molecule has 1 aromatic heterocycles. The van der Waals surface area contributed by atoms with E-state index in [2.05, 4.69) is 46.3 Å². The van der Waals surface area contributed by atoms with Crippen LogP contribution in [-0.2, 0) is 20.7 Å². The molecule has 0 bridgehead atoms. The summed E-state index contributed by atoms with van der Waals surface area (Å²) in [6, 6.07) is 17.3. The second-order valence-corrected chi connectivity index (χ2v) is 12.4. The lowest BCUT2D eigenvalue weighted by atomic mass is 9.82. The fraction of sp³-hybridized carbons (Fsp3) is 0.500. The van der Waals surface area contributed by atoms with Crippen molar-refractivity contribution in [3.63, 3.8) is 0 Å². The third kappa shape index (κ3) is 6.43. The summed E-state index contributed by atoms with van der Waals surface area (Å²) in [6.45, 7) is 5.07. The number of nitrogens with zero attached hydrogens (tertiary/aromatic N) is 2. The Balaban J connectivity index is 1.32. The maximum absolute atomic E-state index is 12.5. The van der Waals surface area contributed by atoms with Crippen LogP contribution >= 0.6 is 0 Å². The minimum absolute atomic E-state index is 0.0655. The number of hydrogen-bond acceptors (Lipinski definition) is 7. The Hall–Kier alpha value is -3.42. The summed E-state index contributed by atoms with van der Waals surface area (Å²) in [5, 5.41) is 0. The van der Waals surface area contributed by atoms with Gasteiger partial charge in [-0.2, -0.15) is 0 Å². The summed E-state index contributed by atoms with van der Waals surface area (Å²) in [4.78, 5) is 19.3. The minimum atomic E-state index is -0.182. The van der Waals surface area contributed by atoms with Gasteiger partial charge in [-0.15, -0.1) is 0 Å². The monoisotopic (exact) mass is 584 g/mol. The van der Waals surface area contributed by atoms with Crippen LogP contribution in [0.15, 0.2) is 54.7 Å². The molecule has 228 valence electrons. The lowest BCUT2D eigenvalue weighted by Gasteiger charge is -2.30. The van der Waals surface area contributed by atoms with Crippen molar-refractivity contribution in [2.45, 2.75) is 63.6 Å². The molecule has 0 N–H and O–H groups in total. The van der Waals surface area contributed by atoms with Crippen LogP contribution in [0, 0.1) is 11.8 Å². The Morgan fingerprint density at radius 1 is 1.02 bits per heavy atom. The second-order valence-electron chi connectivity index (χ2n) is 12.4. The number of likely N-dealkylation sites (tertiary alicyclic amines) is 1. The maximum Gasteiger partial charge on any atom is 0.309 e. The van der Waals surface area contributed by atoms with E-state index in [9.17, 15) is 4.79 Å². The number of carbonyl (C=O) groups excluding carboxylic acids is 1. The summed E-state index contributed by atoms with van der Waals surface area (Å²) in [5.74, 6) is 1.87. The van der Waals surface area contributed by atoms with Crippen molar-refractivity contribution in [3.05, 3.63) is 77.0 Å². The van der Waals surface area contributed by atoms with Crippen molar-refractivity contribution in [1.29, 1.82) is 0 Å². The molecule has 2 aromatic carbocycles. The van der Waals surface area contributed by atoms with Gasteiger partial charge >= 0.3 is 5.97 Å². The number of aromatic nitrogens is 1. The predicted molar refractivity (Wildman–Crippen MR) is 166 cm³/mol. The number of carbonyl (C=O) groups is 1. The van der Waals surface area contributed by atoms with Crippen molar-refractivity contribution in [2.75, 3.05) is 41.0 Å². The number of methoxy groups -OCH3 is 3. The summed E-state index contributed by atoms with van der Waals surface area (Å²) in [7, 11) is 4.94. The zero-order valence-corrected chi connectivity index (χ0v) is 25.9. The zero-order valence-electron chi connectivity index (χ0n) is 25.9. The van der Waals surface area contributed by atoms with Gasteiger partial charge in [0.2, 0.25) is 5.88 Å². The van der Waals surface area contributed by atoms with Crippen molar-refractivity contribution in [2.24, 2.45) is 11.8 Å². The first kappa shape index (κ1) is 29.6. The van der Waals surface area contributed by atoms with Gasteiger partial charge in [0.15, 0.2) is 0 Å². The Morgan fingerprint density at radius 3 is 2.56 bits per heavy atom. The van der Waals surface area contributed by atoms with Gasteiger partial charge in [0.1, 0.15) is 11.9 Å². The third-order valence-electron chi connectivity index (χ3n) is 9.62. The predicted octanol–water partition coefficient (Wildman–Crippen LogP) is 6.91. The van der Waals surface area contributed by atoms with Gasteiger partial charge < -0.3 is 23.8 Å². The topological polar surface area (TPSA) is 70.1 Å². The number of benzene rings is 2. The van der Waals surface area contributed by atoms with E-state index < -0.39 is 0 Å². The molecule has 0 spiro atoms. The molecular formula is C36H44N2O5. The Kier molecular flexibility index (Phi) is 9.01. The highest BCUT2D eigenvalue weighted by Crippen LogP contribution is 2.48. The van der Waals surface area contributed by atoms with Crippen LogP contribution < -0.4 is 9.47 Å². The minimum Gasteiger partial charge on any atom is -0.485 e. The van der Waals surface area contributed by atoms with E-state index in [-0.39, 0.29) is 30.0 Å². The van der Waals surface area contributed by atoms with E-state index >= 15 is 0 Å². The van der Waals surface area contributed by atoms with Gasteiger partial charge in [-0.1, -0.05) is 31.2 Å². The van der Waals surface area contributed by atoms with Crippen molar-refractivity contribution in [3.8, 4) is 22.8 Å². The number of pyridine rings is 1. The summed E-state index contributed by atoms with van der Waals surface area (Å²) in [5.41, 5.74) is 6.89. The number of fused-ring (bicyclic) bond motifs is 1. The first-order chi connectivity index (χ1) is 21.0. The van der Waals surface area contributed by atoms with E-state index in [1.165, 1.54) is 31.1 Å². The lowest BCUT2D eigenvalue weighted by molar-refractivity contribution is -0.145. The molecule has 3 heterocycles. The maximum atomic E-state index is 12.5. The summed E-state index contributed by atoms with van der Waals surface area (Å²) < 4.78 is 23.5. The van der Waals surface area contributed by atoms with E-state index in [1.807, 2.05) is 26.2 Å². The molecule has 1 saturated heterocycles. The van der Waals surface area contributed by atoms with Crippen LogP contribution in [0.1, 0.15) is 79.4 Å². The van der Waals surface area contributed by atoms with Gasteiger partial charge in [0.25, 0.3) is 0 Å². The lowest BCUT2D eigenvalue weighted by Crippen LogP contribution is -2.27. The average molecular weight is 585 g/mol. The highest BCUT2D eigenvalue weighted by molar-refractivity contribution is 5.73. The van der Waals surface area contributed by atoms with Crippen molar-refractivity contribution >= 4 is 5.97 Å². The molecule has 4 atom stereocenters. The molecule has 7 heteroatoms. The molecule has 3 aliphatic rings. The van der Waals surface area contributed by atoms with E-state index in [0.29, 0.717) is 11.8 Å². The van der Waals surface area contributed by atoms with Gasteiger partial charge in [-0.25, -0.2) is 4.98 Å². The molecule has 6 rings (SSSR count). The number of aryl methyl sites for hydroxylation is 1. The Morgan fingerprint density at radius 2 is 1.84 bits per heavy atom. The standard InChI is InChI=1S/C36H44N2O5/c1-23(36(39)42-4)35(25-8-9-25)28-10-7-24-12-14-31(43-32(24)20-28)27-11-13-29(26-15-16-37-34(21-26)41-3)30(19-27)33(40-2)22-38-17-5-6-18-38/h7,10-11,13,15-16,19-21,23,25,31,33,35H,5-6,8-9,12,14,17-18,22H2,1-4H3/t23-,31+,33?,35-/m0/s1. The van der Waals surface area contributed by atoms with E-state index in [1.54, 1.807) is 13.3 Å². The fourth-order valence-electron chi connectivity index (χ4n) is 7.08. The van der Waals surface area contributed by atoms with Crippen LogP contribution in [-0.4, -0.2) is 56.8 Å². The molecule has 1 unspecified atom stereocenters. The van der Waals surface area contributed by atoms with Gasteiger partial charge in [0, 0.05) is 25.9 Å². The Bertz CT molecular complexity index is 1430. The molecule has 0 amide bonds. The van der Waals surface area contributed by atoms with Crippen LogP contribution in [0.25, 0.3) is 11.1 Å². The largest absolute Gasteiger partial charge is 0.485 e. The van der Waals surface area contributed by atoms with Crippen LogP contribution in [0.2, 0.25) is 0 Å². The van der Waals surface area contributed by atoms with Crippen LogP contribution in [0.4, 0.5) is 0 Å². The van der Waals surface area contributed by atoms with Crippen molar-refractivity contribution < 1.29 is 23.7 Å². The molecule has 3 aromatic rings. The van der Waals surface area contributed by atoms with Gasteiger partial charge in [0.05, 0.1) is 26.2 Å². The third-order valence-corrected chi connectivity index (χ3v) is 9.62. The van der Waals surface area contributed by atoms with Crippen LogP contribution in [0.3, 0.4) is 0 Å². The number of esters is 1. The molecule has 0 radical (unpaired) electrons. The number of ether oxygens (including phenoxy) is 4. The first-order valence-electron chi connectivity index (χ1n) is 15.8. The SMILES string of the molecule is COC(=O)[C@@H](C)[C@H](c1ccc2c(c1)O[C@@H](c1ccc(-c3ccnc(OC)c3)c(C(CN3CCCC3)OC)c1)CC2)C1CC1. The van der Waals surface area contributed by atoms with Gasteiger partial charge in [-0.05, 0) is 115 Å². The molecule has 1 aliphatic carbocycles. The summed E-state index contributed by atoms with van der Waals surface area (Å²) >= 11 is 0. The van der Waals surface area contributed by atoms with Crippen LogP contribution in [0.5, 0.6) is 11.6 Å². The highest BCUT2D eigenvalue weighted by Gasteiger charge is 2.39. The second kappa shape index (κ2) is 13.1. The molecule has 2 aliphatic heterocycles. The summed E-state index contributed by atoms with van der Waals surface area (Å²) in [6.07, 6.45) is 8.29. The quantitative estimate of drug-likeness (QED) is 0.227. The normalized spacial score (nSPS) is 20.5. The smallest absolute Gasteiger partial charge is 0.309 e. The van der Waals surface area contributed by atoms with Crippen molar-refractivity contribution in [1.82, 2.24) is 9.88 Å². The average Bonchev–Trinajstić information content (AvgIpc) is 3.75. The molecule has 7 nitrogen and oxygen atoms in total. The van der Waals surface area contributed by atoms with E-state index in [4.69, 9.17) is 18.9 Å². The molecule has 1 saturated carbocycles. The number of hydrogen-bond donors (Lipinski definition) is 0. The Labute approximate surface area is 255 Å². The number of rotatable bonds is 11. The molecule has 2 fully saturated rings. The van der Waals surface area contributed by atoms with E-state index in [0.717, 1.165) is 73.3 Å². The molecular weight excluding hydrogens is 540 g/mol. The van der Waals surface area contributed by atoms with Gasteiger partial charge in [-0.3, -0.25) is 4.79 Å². The fourth-order valence-corrected chi connectivity index (χ4v) is 7.08. The highest BCUT2D eigenvalue weighted by atomic mass is 16.5. The zero-order chi connectivity index (χ0) is 29.9. The molecule has 43 heavy (non-hydrogen) atoms.